The van der Waals surface area contributed by atoms with Crippen molar-refractivity contribution in [1.82, 2.24) is 5.06 Å². The Kier molecular flexibility index (Phi) is 4.16. The molecule has 0 N–H and O–H groups in total. The highest BCUT2D eigenvalue weighted by Crippen LogP contribution is 1.93. The average molecular weight is 177 g/mol. The van der Waals surface area contributed by atoms with Crippen LogP contribution in [-0.2, 0) is 14.5 Å². The molecule has 0 unspecified atom stereocenters. The van der Waals surface area contributed by atoms with E-state index in [0.29, 0.717) is 0 Å². The molecule has 5 heteroatoms. The van der Waals surface area contributed by atoms with Gasteiger partial charge in [-0.05, 0) is 0 Å². The molecule has 0 fully saturated rings. The van der Waals surface area contributed by atoms with Crippen molar-refractivity contribution in [2.75, 3.05) is 41.8 Å². The number of rotatable bonds is 4. The minimum Gasteiger partial charge on any atom is -0.366 e. The summed E-state index contributed by atoms with van der Waals surface area (Å²) >= 11 is 0. The summed E-state index contributed by atoms with van der Waals surface area (Å²) in [6, 6.07) is 0. The van der Waals surface area contributed by atoms with Gasteiger partial charge >= 0.3 is 5.97 Å². The predicted octanol–water partition coefficient (Wildman–Crippen LogP) is -0.356. The van der Waals surface area contributed by atoms with Gasteiger partial charge in [-0.15, -0.1) is 5.06 Å². The second-order valence-corrected chi connectivity index (χ2v) is 3.44. The lowest BCUT2D eigenvalue weighted by atomic mass is 10.7. The van der Waals surface area contributed by atoms with Crippen LogP contribution in [0.25, 0.3) is 0 Å². The SMILES string of the molecule is CN(C)OC(=O)CO[N+](C)(C)C. The Labute approximate surface area is 73.0 Å². The summed E-state index contributed by atoms with van der Waals surface area (Å²) < 4.78 is 0.280. The Morgan fingerprint density at radius 1 is 1.33 bits per heavy atom. The summed E-state index contributed by atoms with van der Waals surface area (Å²) in [5, 5.41) is 1.33. The molecule has 0 aliphatic carbocycles. The van der Waals surface area contributed by atoms with Crippen molar-refractivity contribution >= 4 is 5.97 Å². The van der Waals surface area contributed by atoms with Crippen molar-refractivity contribution in [3.05, 3.63) is 0 Å². The molecule has 0 saturated carbocycles. The number of hydrogen-bond donors (Lipinski definition) is 0. The highest BCUT2D eigenvalue weighted by Gasteiger charge is 2.13. The molecule has 0 bridgehead atoms. The summed E-state index contributed by atoms with van der Waals surface area (Å²) in [5.41, 5.74) is 0. The van der Waals surface area contributed by atoms with E-state index < -0.39 is 5.97 Å². The van der Waals surface area contributed by atoms with Gasteiger partial charge in [0.2, 0.25) is 6.61 Å². The Bertz CT molecular complexity index is 151. The van der Waals surface area contributed by atoms with Crippen LogP contribution in [0.3, 0.4) is 0 Å². The first-order valence-corrected chi connectivity index (χ1v) is 3.65. The third kappa shape index (κ3) is 7.46. The predicted molar refractivity (Wildman–Crippen MR) is 43.8 cm³/mol. The van der Waals surface area contributed by atoms with Crippen molar-refractivity contribution in [2.24, 2.45) is 0 Å². The Hall–Kier alpha value is -0.650. The smallest absolute Gasteiger partial charge is 0.357 e. The largest absolute Gasteiger partial charge is 0.366 e. The zero-order chi connectivity index (χ0) is 9.78. The molecule has 0 saturated heterocycles. The zero-order valence-corrected chi connectivity index (χ0v) is 8.33. The number of hydrogen-bond acceptors (Lipinski definition) is 4. The molecule has 0 amide bonds. The van der Waals surface area contributed by atoms with Crippen molar-refractivity contribution in [2.45, 2.75) is 0 Å². The number of quaternary nitrogens is 1. The van der Waals surface area contributed by atoms with Gasteiger partial charge in [0.25, 0.3) is 0 Å². The fourth-order valence-corrected chi connectivity index (χ4v) is 0.476. The molecule has 0 aliphatic heterocycles. The maximum Gasteiger partial charge on any atom is 0.357 e. The Morgan fingerprint density at radius 2 is 1.83 bits per heavy atom. The van der Waals surface area contributed by atoms with Gasteiger partial charge in [0, 0.05) is 14.1 Å². The molecule has 0 aromatic carbocycles. The average Bonchev–Trinajstić information content (AvgIpc) is 1.80. The lowest BCUT2D eigenvalue weighted by molar-refractivity contribution is -1.06. The lowest BCUT2D eigenvalue weighted by Crippen LogP contribution is -2.37. The van der Waals surface area contributed by atoms with Crippen LogP contribution in [0.4, 0.5) is 0 Å². The van der Waals surface area contributed by atoms with E-state index in [2.05, 4.69) is 0 Å². The summed E-state index contributed by atoms with van der Waals surface area (Å²) in [6.07, 6.45) is 0. The summed E-state index contributed by atoms with van der Waals surface area (Å²) in [5.74, 6) is -0.395. The molecule has 0 aliphatic rings. The van der Waals surface area contributed by atoms with E-state index in [0.717, 1.165) is 0 Å². The summed E-state index contributed by atoms with van der Waals surface area (Å²) in [6.45, 7) is -0.0400. The van der Waals surface area contributed by atoms with Crippen LogP contribution < -0.4 is 0 Å². The van der Waals surface area contributed by atoms with Gasteiger partial charge in [0.1, 0.15) is 0 Å². The standard InChI is InChI=1S/C7H17N2O3/c1-8(2)12-7(10)6-11-9(3,4)5/h6H2,1-5H3/q+1. The maximum atomic E-state index is 10.9. The highest BCUT2D eigenvalue weighted by atomic mass is 16.8. The minimum atomic E-state index is -0.395. The van der Waals surface area contributed by atoms with Crippen LogP contribution in [0.15, 0.2) is 0 Å². The van der Waals surface area contributed by atoms with Crippen molar-refractivity contribution < 1.29 is 19.1 Å². The van der Waals surface area contributed by atoms with Gasteiger partial charge in [-0.3, -0.25) is 0 Å². The van der Waals surface area contributed by atoms with Crippen LogP contribution >= 0.6 is 0 Å². The van der Waals surface area contributed by atoms with Gasteiger partial charge in [0.15, 0.2) is 0 Å². The van der Waals surface area contributed by atoms with Gasteiger partial charge < -0.3 is 4.84 Å². The van der Waals surface area contributed by atoms with E-state index in [1.165, 1.54) is 5.06 Å². The third-order valence-corrected chi connectivity index (χ3v) is 0.854. The molecule has 5 nitrogen and oxygen atoms in total. The van der Waals surface area contributed by atoms with Crippen molar-refractivity contribution in [3.63, 3.8) is 0 Å². The number of hydroxylamine groups is 5. The molecular formula is C7H17N2O3+. The van der Waals surface area contributed by atoms with E-state index in [-0.39, 0.29) is 11.3 Å². The summed E-state index contributed by atoms with van der Waals surface area (Å²) in [4.78, 5) is 20.7. The van der Waals surface area contributed by atoms with Crippen LogP contribution in [0, 0.1) is 0 Å². The van der Waals surface area contributed by atoms with E-state index in [1.807, 2.05) is 21.1 Å². The van der Waals surface area contributed by atoms with Gasteiger partial charge in [-0.2, -0.15) is 9.48 Å². The number of carbonyl (C=O) groups is 1. The number of nitrogens with zero attached hydrogens (tertiary/aromatic N) is 2. The topological polar surface area (TPSA) is 38.8 Å². The van der Waals surface area contributed by atoms with Gasteiger partial charge in [-0.25, -0.2) is 4.79 Å². The monoisotopic (exact) mass is 177 g/mol. The fraction of sp³-hybridized carbons (Fsp3) is 0.857. The molecule has 0 spiro atoms. The highest BCUT2D eigenvalue weighted by molar-refractivity contribution is 5.70. The van der Waals surface area contributed by atoms with Gasteiger partial charge in [-0.1, -0.05) is 0 Å². The van der Waals surface area contributed by atoms with E-state index >= 15 is 0 Å². The van der Waals surface area contributed by atoms with Crippen LogP contribution in [0.5, 0.6) is 0 Å². The second kappa shape index (κ2) is 4.39. The molecule has 0 heterocycles. The van der Waals surface area contributed by atoms with Crippen molar-refractivity contribution in [1.29, 1.82) is 0 Å². The molecule has 0 radical (unpaired) electrons. The Morgan fingerprint density at radius 3 is 2.17 bits per heavy atom. The minimum absolute atomic E-state index is 0.0400. The van der Waals surface area contributed by atoms with Crippen molar-refractivity contribution in [3.8, 4) is 0 Å². The number of carbonyl (C=O) groups excluding carboxylic acids is 1. The first-order chi connectivity index (χ1) is 5.31. The third-order valence-electron chi connectivity index (χ3n) is 0.854. The molecule has 72 valence electrons. The maximum absolute atomic E-state index is 10.9. The first-order valence-electron chi connectivity index (χ1n) is 3.65. The molecule has 0 atom stereocenters. The van der Waals surface area contributed by atoms with E-state index in [1.54, 1.807) is 14.1 Å². The summed E-state index contributed by atoms with van der Waals surface area (Å²) in [7, 11) is 8.75. The Balaban J connectivity index is 3.58. The van der Waals surface area contributed by atoms with Crippen LogP contribution in [0.1, 0.15) is 0 Å². The normalized spacial score (nSPS) is 11.8. The molecule has 0 rings (SSSR count). The quantitative estimate of drug-likeness (QED) is 0.434. The zero-order valence-electron chi connectivity index (χ0n) is 8.33. The molecule has 12 heavy (non-hydrogen) atoms. The fourth-order valence-electron chi connectivity index (χ4n) is 0.476. The second-order valence-electron chi connectivity index (χ2n) is 3.44. The van der Waals surface area contributed by atoms with E-state index in [9.17, 15) is 4.79 Å². The molecular weight excluding hydrogens is 160 g/mol. The van der Waals surface area contributed by atoms with Crippen LogP contribution in [-0.4, -0.2) is 57.5 Å². The molecule has 0 aromatic rings. The molecule has 0 aromatic heterocycles. The lowest BCUT2D eigenvalue weighted by Gasteiger charge is -2.20. The van der Waals surface area contributed by atoms with Gasteiger partial charge in [0.05, 0.1) is 21.1 Å². The van der Waals surface area contributed by atoms with E-state index in [4.69, 9.17) is 9.68 Å². The first kappa shape index (κ1) is 11.4. The van der Waals surface area contributed by atoms with Crippen LogP contribution in [0.2, 0.25) is 0 Å².